The van der Waals surface area contributed by atoms with Crippen molar-refractivity contribution in [2.45, 2.75) is 5.60 Å². The summed E-state index contributed by atoms with van der Waals surface area (Å²) in [6.45, 7) is 0. The first-order valence-electron chi connectivity index (χ1n) is 10.0. The Hall–Kier alpha value is -3.79. The lowest BCUT2D eigenvalue weighted by Crippen LogP contribution is -2.35. The van der Waals surface area contributed by atoms with E-state index in [1.807, 2.05) is 60.7 Å². The normalized spacial score (nSPS) is 17.1. The Morgan fingerprint density at radius 3 is 2.39 bits per heavy atom. The van der Waals surface area contributed by atoms with Gasteiger partial charge in [-0.15, -0.1) is 0 Å². The standard InChI is InChI=1S/C27H21FO3/c1-29-25-14-12-19(17-26(25)30-2)27(22-9-5-6-10-23(22)28)16-15-21-20-8-4-3-7-18(20)11-13-24(21)31-27/h3-17H,1-2H3. The fourth-order valence-corrected chi connectivity index (χ4v) is 4.23. The molecular weight excluding hydrogens is 391 g/mol. The molecule has 1 atom stereocenters. The highest BCUT2D eigenvalue weighted by Crippen LogP contribution is 2.46. The van der Waals surface area contributed by atoms with Crippen molar-refractivity contribution < 1.29 is 18.6 Å². The first kappa shape index (κ1) is 19.2. The lowest BCUT2D eigenvalue weighted by molar-refractivity contribution is 0.156. The van der Waals surface area contributed by atoms with Crippen molar-refractivity contribution in [2.75, 3.05) is 14.2 Å². The fraction of sp³-hybridized carbons (Fsp3) is 0.111. The summed E-state index contributed by atoms with van der Waals surface area (Å²) in [5.41, 5.74) is 0.994. The Balaban J connectivity index is 1.76. The number of rotatable bonds is 4. The van der Waals surface area contributed by atoms with E-state index in [1.54, 1.807) is 26.4 Å². The van der Waals surface area contributed by atoms with Crippen LogP contribution in [0.2, 0.25) is 0 Å². The molecule has 0 fully saturated rings. The van der Waals surface area contributed by atoms with Gasteiger partial charge in [-0.05, 0) is 47.2 Å². The van der Waals surface area contributed by atoms with Crippen molar-refractivity contribution in [2.24, 2.45) is 0 Å². The maximum Gasteiger partial charge on any atom is 0.181 e. The number of hydrogen-bond acceptors (Lipinski definition) is 3. The van der Waals surface area contributed by atoms with Crippen molar-refractivity contribution in [1.82, 2.24) is 0 Å². The molecule has 0 spiro atoms. The van der Waals surface area contributed by atoms with Crippen molar-refractivity contribution in [3.05, 3.63) is 107 Å². The minimum absolute atomic E-state index is 0.342. The van der Waals surface area contributed by atoms with Gasteiger partial charge in [0.25, 0.3) is 0 Å². The van der Waals surface area contributed by atoms with E-state index < -0.39 is 5.60 Å². The molecule has 0 bridgehead atoms. The number of fused-ring (bicyclic) bond motifs is 3. The van der Waals surface area contributed by atoms with Crippen LogP contribution in [0, 0.1) is 5.82 Å². The van der Waals surface area contributed by atoms with Crippen molar-refractivity contribution in [3.63, 3.8) is 0 Å². The van der Waals surface area contributed by atoms with Gasteiger partial charge in [0, 0.05) is 16.7 Å². The predicted octanol–water partition coefficient (Wildman–Crippen LogP) is 6.35. The van der Waals surface area contributed by atoms with Crippen LogP contribution in [0.1, 0.15) is 16.7 Å². The largest absolute Gasteiger partial charge is 0.493 e. The van der Waals surface area contributed by atoms with Gasteiger partial charge in [0.15, 0.2) is 17.1 Å². The van der Waals surface area contributed by atoms with Gasteiger partial charge in [-0.3, -0.25) is 0 Å². The summed E-state index contributed by atoms with van der Waals surface area (Å²) in [5, 5.41) is 2.21. The molecule has 154 valence electrons. The molecular formula is C27H21FO3. The topological polar surface area (TPSA) is 27.7 Å². The lowest BCUT2D eigenvalue weighted by Gasteiger charge is -2.36. The number of ether oxygens (including phenoxy) is 3. The molecule has 31 heavy (non-hydrogen) atoms. The third-order valence-electron chi connectivity index (χ3n) is 5.77. The van der Waals surface area contributed by atoms with Crippen molar-refractivity contribution in [1.29, 1.82) is 0 Å². The smallest absolute Gasteiger partial charge is 0.181 e. The summed E-state index contributed by atoms with van der Waals surface area (Å²) in [5.74, 6) is 1.50. The van der Waals surface area contributed by atoms with Gasteiger partial charge >= 0.3 is 0 Å². The zero-order valence-corrected chi connectivity index (χ0v) is 17.3. The lowest BCUT2D eigenvalue weighted by atomic mass is 9.82. The predicted molar refractivity (Wildman–Crippen MR) is 120 cm³/mol. The van der Waals surface area contributed by atoms with Gasteiger partial charge in [0.05, 0.1) is 14.2 Å². The Morgan fingerprint density at radius 2 is 1.58 bits per heavy atom. The van der Waals surface area contributed by atoms with E-state index in [0.717, 1.165) is 21.9 Å². The van der Waals surface area contributed by atoms with E-state index in [0.29, 0.717) is 22.8 Å². The molecule has 4 heteroatoms. The Morgan fingerprint density at radius 1 is 0.806 bits per heavy atom. The average molecular weight is 412 g/mol. The molecule has 0 saturated heterocycles. The Kier molecular flexibility index (Phi) is 4.63. The number of benzene rings is 4. The number of hydrogen-bond donors (Lipinski definition) is 0. The molecule has 1 unspecified atom stereocenters. The molecule has 0 amide bonds. The third kappa shape index (κ3) is 3.03. The van der Waals surface area contributed by atoms with Gasteiger partial charge < -0.3 is 14.2 Å². The van der Waals surface area contributed by atoms with E-state index in [9.17, 15) is 0 Å². The summed E-state index contributed by atoms with van der Waals surface area (Å²) in [6.07, 6.45) is 3.94. The second-order valence-corrected chi connectivity index (χ2v) is 7.42. The maximum atomic E-state index is 15.1. The molecule has 1 aliphatic rings. The second-order valence-electron chi connectivity index (χ2n) is 7.42. The highest BCUT2D eigenvalue weighted by atomic mass is 19.1. The summed E-state index contributed by atoms with van der Waals surface area (Å²) in [4.78, 5) is 0. The van der Waals surface area contributed by atoms with Crippen LogP contribution in [0.3, 0.4) is 0 Å². The molecule has 5 rings (SSSR count). The van der Waals surface area contributed by atoms with Crippen LogP contribution in [0.4, 0.5) is 4.39 Å². The molecule has 0 saturated carbocycles. The molecule has 0 N–H and O–H groups in total. The summed E-state index contributed by atoms with van der Waals surface area (Å²) in [7, 11) is 3.17. The maximum absolute atomic E-state index is 15.1. The molecule has 4 aromatic rings. The number of halogens is 1. The Labute approximate surface area is 180 Å². The van der Waals surface area contributed by atoms with E-state index >= 15 is 4.39 Å². The zero-order valence-electron chi connectivity index (χ0n) is 17.3. The second kappa shape index (κ2) is 7.47. The molecule has 0 radical (unpaired) electrons. The Bertz CT molecular complexity index is 1310. The highest BCUT2D eigenvalue weighted by Gasteiger charge is 2.40. The van der Waals surface area contributed by atoms with Crippen LogP contribution >= 0.6 is 0 Å². The van der Waals surface area contributed by atoms with Crippen LogP contribution in [-0.4, -0.2) is 14.2 Å². The molecule has 0 aliphatic carbocycles. The van der Waals surface area contributed by atoms with Crippen LogP contribution in [0.25, 0.3) is 16.8 Å². The minimum atomic E-state index is -1.15. The monoisotopic (exact) mass is 412 g/mol. The summed E-state index contributed by atoms with van der Waals surface area (Å²) >= 11 is 0. The van der Waals surface area contributed by atoms with Gasteiger partial charge in [-0.2, -0.15) is 0 Å². The fourth-order valence-electron chi connectivity index (χ4n) is 4.23. The molecule has 1 aliphatic heterocycles. The van der Waals surface area contributed by atoms with Gasteiger partial charge in [0.1, 0.15) is 11.6 Å². The minimum Gasteiger partial charge on any atom is -0.493 e. The SMILES string of the molecule is COc1ccc(C2(c3ccccc3F)C=Cc3c(ccc4ccccc34)O2)cc1OC. The van der Waals surface area contributed by atoms with Gasteiger partial charge in [-0.1, -0.05) is 54.6 Å². The van der Waals surface area contributed by atoms with Crippen LogP contribution < -0.4 is 14.2 Å². The van der Waals surface area contributed by atoms with E-state index in [2.05, 4.69) is 12.1 Å². The molecule has 4 aromatic carbocycles. The average Bonchev–Trinajstić information content (AvgIpc) is 2.83. The summed E-state index contributed by atoms with van der Waals surface area (Å²) in [6, 6.07) is 24.3. The summed E-state index contributed by atoms with van der Waals surface area (Å²) < 4.78 is 32.6. The van der Waals surface area contributed by atoms with Gasteiger partial charge in [0.2, 0.25) is 0 Å². The van der Waals surface area contributed by atoms with Crippen LogP contribution in [0.15, 0.2) is 84.9 Å². The van der Waals surface area contributed by atoms with E-state index in [-0.39, 0.29) is 5.82 Å². The van der Waals surface area contributed by atoms with Crippen LogP contribution in [-0.2, 0) is 5.60 Å². The molecule has 3 nitrogen and oxygen atoms in total. The quantitative estimate of drug-likeness (QED) is 0.391. The van der Waals surface area contributed by atoms with Crippen molar-refractivity contribution in [3.8, 4) is 17.2 Å². The van der Waals surface area contributed by atoms with E-state index in [4.69, 9.17) is 14.2 Å². The number of methoxy groups -OCH3 is 2. The highest BCUT2D eigenvalue weighted by molar-refractivity contribution is 5.94. The van der Waals surface area contributed by atoms with Crippen LogP contribution in [0.5, 0.6) is 17.2 Å². The van der Waals surface area contributed by atoms with Crippen molar-refractivity contribution >= 4 is 16.8 Å². The first-order valence-corrected chi connectivity index (χ1v) is 10.0. The molecule has 1 heterocycles. The van der Waals surface area contributed by atoms with E-state index in [1.165, 1.54) is 6.07 Å². The third-order valence-corrected chi connectivity index (χ3v) is 5.77. The molecule has 0 aromatic heterocycles. The first-order chi connectivity index (χ1) is 15.2. The zero-order chi connectivity index (χ0) is 21.4. The van der Waals surface area contributed by atoms with Gasteiger partial charge in [-0.25, -0.2) is 4.39 Å².